The van der Waals surface area contributed by atoms with Gasteiger partial charge in [0.05, 0.1) is 23.3 Å². The normalized spacial score (nSPS) is 14.7. The lowest BCUT2D eigenvalue weighted by atomic mass is 9.92. The number of ether oxygens (including phenoxy) is 1. The number of nitrogens with two attached hydrogens (primary N) is 1. The number of aromatic nitrogens is 3. The topological polar surface area (TPSA) is 148 Å². The number of primary sulfonamides is 1. The van der Waals surface area contributed by atoms with Crippen LogP contribution in [0.5, 0.6) is 5.75 Å². The lowest BCUT2D eigenvalue weighted by molar-refractivity contribution is 0.0708. The first-order valence-electron chi connectivity index (χ1n) is 10.4. The summed E-state index contributed by atoms with van der Waals surface area (Å²) >= 11 is 6.30. The number of pyridine rings is 1. The van der Waals surface area contributed by atoms with Crippen LogP contribution in [-0.4, -0.2) is 54.4 Å². The average Bonchev–Trinajstić information content (AvgIpc) is 2.85. The van der Waals surface area contributed by atoms with E-state index >= 15 is 0 Å². The predicted molar refractivity (Wildman–Crippen MR) is 125 cm³/mol. The molecule has 178 valence electrons. The largest absolute Gasteiger partial charge is 0.496 e. The molecule has 4 rings (SSSR count). The number of H-pyrrole nitrogens is 1. The standard InChI is InChI=1S/C22H22ClN5O5S/c1-33-17-3-2-15(34(24,31)32)12-16(17)22(30)28-10-6-13(7-11-28)19-18(23)21(29)27-20(26-19)14-4-8-25-9-5-14/h2-5,8-9,12-13H,6-7,10-11H2,1H3,(H2,24,31,32)(H,26,27,29). The van der Waals surface area contributed by atoms with Gasteiger partial charge in [0.2, 0.25) is 10.0 Å². The maximum Gasteiger partial charge on any atom is 0.270 e. The summed E-state index contributed by atoms with van der Waals surface area (Å²) in [6, 6.07) is 7.39. The predicted octanol–water partition coefficient (Wildman–Crippen LogP) is 2.16. The second-order valence-corrected chi connectivity index (χ2v) is 9.76. The molecular weight excluding hydrogens is 482 g/mol. The van der Waals surface area contributed by atoms with Crippen molar-refractivity contribution in [3.63, 3.8) is 0 Å². The second-order valence-electron chi connectivity index (χ2n) is 7.82. The van der Waals surface area contributed by atoms with Crippen LogP contribution in [0.4, 0.5) is 0 Å². The minimum Gasteiger partial charge on any atom is -0.496 e. The number of halogens is 1. The summed E-state index contributed by atoms with van der Waals surface area (Å²) in [5.41, 5.74) is 0.874. The van der Waals surface area contributed by atoms with Crippen LogP contribution in [-0.2, 0) is 10.0 Å². The molecule has 0 saturated carbocycles. The Morgan fingerprint density at radius 2 is 1.88 bits per heavy atom. The van der Waals surface area contributed by atoms with Gasteiger partial charge in [-0.05, 0) is 43.2 Å². The molecule has 1 aliphatic heterocycles. The number of carbonyl (C=O) groups excluding carboxylic acids is 1. The molecule has 3 N–H and O–H groups in total. The minimum atomic E-state index is -3.98. The molecule has 0 spiro atoms. The zero-order chi connectivity index (χ0) is 24.5. The fourth-order valence-corrected chi connectivity index (χ4v) is 4.73. The number of nitrogens with one attached hydrogen (secondary N) is 1. The molecule has 3 heterocycles. The highest BCUT2D eigenvalue weighted by molar-refractivity contribution is 7.89. The van der Waals surface area contributed by atoms with Gasteiger partial charge in [0.1, 0.15) is 16.6 Å². The van der Waals surface area contributed by atoms with Gasteiger partial charge >= 0.3 is 0 Å². The van der Waals surface area contributed by atoms with Crippen molar-refractivity contribution in [2.75, 3.05) is 20.2 Å². The van der Waals surface area contributed by atoms with E-state index in [0.717, 1.165) is 0 Å². The van der Waals surface area contributed by atoms with Crippen molar-refractivity contribution in [3.8, 4) is 17.1 Å². The van der Waals surface area contributed by atoms with Gasteiger partial charge in [-0.3, -0.25) is 14.6 Å². The molecule has 12 heteroatoms. The first-order chi connectivity index (χ1) is 16.2. The Hall–Kier alpha value is -3.28. The van der Waals surface area contributed by atoms with E-state index in [1.165, 1.54) is 25.3 Å². The summed E-state index contributed by atoms with van der Waals surface area (Å²) in [5.74, 6) is 0.149. The number of benzene rings is 1. The van der Waals surface area contributed by atoms with Gasteiger partial charge in [-0.15, -0.1) is 0 Å². The first-order valence-corrected chi connectivity index (χ1v) is 12.3. The van der Waals surface area contributed by atoms with E-state index in [2.05, 4.69) is 15.0 Å². The molecule has 3 aromatic rings. The lowest BCUT2D eigenvalue weighted by Crippen LogP contribution is -2.38. The van der Waals surface area contributed by atoms with E-state index in [4.69, 9.17) is 21.5 Å². The number of aromatic amines is 1. The van der Waals surface area contributed by atoms with Crippen molar-refractivity contribution < 1.29 is 17.9 Å². The number of hydrogen-bond acceptors (Lipinski definition) is 7. The van der Waals surface area contributed by atoms with Crippen molar-refractivity contribution >= 4 is 27.5 Å². The second kappa shape index (κ2) is 9.53. The number of carbonyl (C=O) groups is 1. The first kappa shape index (κ1) is 23.9. The van der Waals surface area contributed by atoms with Crippen LogP contribution in [0.15, 0.2) is 52.4 Å². The highest BCUT2D eigenvalue weighted by atomic mass is 35.5. The number of amides is 1. The number of methoxy groups -OCH3 is 1. The number of nitrogens with zero attached hydrogens (tertiary/aromatic N) is 3. The third kappa shape index (κ3) is 4.81. The van der Waals surface area contributed by atoms with E-state index in [9.17, 15) is 18.0 Å². The van der Waals surface area contributed by atoms with Crippen LogP contribution < -0.4 is 15.4 Å². The number of rotatable bonds is 5. The Balaban J connectivity index is 1.56. The van der Waals surface area contributed by atoms with Gasteiger partial charge in [-0.2, -0.15) is 0 Å². The van der Waals surface area contributed by atoms with Crippen LogP contribution >= 0.6 is 11.6 Å². The minimum absolute atomic E-state index is 0.0325. The van der Waals surface area contributed by atoms with Crippen molar-refractivity contribution in [1.82, 2.24) is 19.9 Å². The number of piperidine rings is 1. The van der Waals surface area contributed by atoms with Gasteiger partial charge in [0.25, 0.3) is 11.5 Å². The molecule has 1 fully saturated rings. The van der Waals surface area contributed by atoms with E-state index in [0.29, 0.717) is 43.0 Å². The summed E-state index contributed by atoms with van der Waals surface area (Å²) in [4.78, 5) is 38.3. The molecule has 2 aromatic heterocycles. The number of likely N-dealkylation sites (tertiary alicyclic amines) is 1. The Morgan fingerprint density at radius 1 is 1.21 bits per heavy atom. The Kier molecular flexibility index (Phi) is 6.69. The molecule has 0 unspecified atom stereocenters. The van der Waals surface area contributed by atoms with Crippen LogP contribution in [0.25, 0.3) is 11.4 Å². The van der Waals surface area contributed by atoms with Gasteiger partial charge in [0.15, 0.2) is 0 Å². The van der Waals surface area contributed by atoms with Gasteiger partial charge in [-0.1, -0.05) is 11.6 Å². The van der Waals surface area contributed by atoms with Gasteiger partial charge in [0, 0.05) is 37.0 Å². The Labute approximate surface area is 200 Å². The van der Waals surface area contributed by atoms with E-state index < -0.39 is 15.6 Å². The van der Waals surface area contributed by atoms with Gasteiger partial charge in [-0.25, -0.2) is 18.5 Å². The molecule has 1 aromatic carbocycles. The SMILES string of the molecule is COc1ccc(S(N)(=O)=O)cc1C(=O)N1CCC(c2nc(-c3ccncc3)[nH]c(=O)c2Cl)CC1. The summed E-state index contributed by atoms with van der Waals surface area (Å²) < 4.78 is 28.7. The van der Waals surface area contributed by atoms with E-state index in [1.807, 2.05) is 0 Å². The third-order valence-corrected chi connectivity index (χ3v) is 7.02. The fraction of sp³-hybridized carbons (Fsp3) is 0.273. The molecule has 1 aliphatic rings. The van der Waals surface area contributed by atoms with Crippen LogP contribution in [0.2, 0.25) is 5.02 Å². The van der Waals surface area contributed by atoms with Crippen molar-refractivity contribution in [2.24, 2.45) is 5.14 Å². The maximum atomic E-state index is 13.2. The average molecular weight is 504 g/mol. The highest BCUT2D eigenvalue weighted by Crippen LogP contribution is 2.32. The lowest BCUT2D eigenvalue weighted by Gasteiger charge is -2.32. The molecule has 0 bridgehead atoms. The molecule has 1 saturated heterocycles. The molecule has 34 heavy (non-hydrogen) atoms. The smallest absolute Gasteiger partial charge is 0.270 e. The summed E-state index contributed by atoms with van der Waals surface area (Å²) in [6.07, 6.45) is 4.25. The molecule has 0 aliphatic carbocycles. The summed E-state index contributed by atoms with van der Waals surface area (Å²) in [5, 5.41) is 5.25. The third-order valence-electron chi connectivity index (χ3n) is 5.74. The summed E-state index contributed by atoms with van der Waals surface area (Å²) in [7, 11) is -2.58. The zero-order valence-corrected chi connectivity index (χ0v) is 19.8. The van der Waals surface area contributed by atoms with Crippen LogP contribution in [0.1, 0.15) is 34.8 Å². The Morgan fingerprint density at radius 3 is 2.50 bits per heavy atom. The molecule has 0 atom stereocenters. The zero-order valence-electron chi connectivity index (χ0n) is 18.2. The Bertz CT molecular complexity index is 1390. The van der Waals surface area contributed by atoms with Crippen molar-refractivity contribution in [2.45, 2.75) is 23.7 Å². The number of hydrogen-bond donors (Lipinski definition) is 2. The van der Waals surface area contributed by atoms with Crippen LogP contribution in [0, 0.1) is 0 Å². The quantitative estimate of drug-likeness (QED) is 0.541. The van der Waals surface area contributed by atoms with Gasteiger partial charge < -0.3 is 14.6 Å². The molecule has 10 nitrogen and oxygen atoms in total. The summed E-state index contributed by atoms with van der Waals surface area (Å²) in [6.45, 7) is 0.726. The van der Waals surface area contributed by atoms with Crippen molar-refractivity contribution in [1.29, 1.82) is 0 Å². The molecule has 0 radical (unpaired) electrons. The maximum absolute atomic E-state index is 13.2. The molecular formula is C22H22ClN5O5S. The van der Waals surface area contributed by atoms with Crippen LogP contribution in [0.3, 0.4) is 0 Å². The van der Waals surface area contributed by atoms with Crippen molar-refractivity contribution in [3.05, 3.63) is 69.4 Å². The molecule has 1 amide bonds. The highest BCUT2D eigenvalue weighted by Gasteiger charge is 2.29. The van der Waals surface area contributed by atoms with E-state index in [-0.39, 0.29) is 33.1 Å². The monoisotopic (exact) mass is 503 g/mol. The van der Waals surface area contributed by atoms with E-state index in [1.54, 1.807) is 29.4 Å². The number of sulfonamides is 1. The fourth-order valence-electron chi connectivity index (χ4n) is 3.95.